The Morgan fingerprint density at radius 3 is 2.50 bits per heavy atom. The van der Waals surface area contributed by atoms with Crippen molar-refractivity contribution in [3.8, 4) is 0 Å². The fourth-order valence-electron chi connectivity index (χ4n) is 0.253. The van der Waals surface area contributed by atoms with Crippen molar-refractivity contribution in [3.05, 3.63) is 24.0 Å². The monoisotopic (exact) mass is 126 g/mol. The molecule has 1 heteroatoms. The van der Waals surface area contributed by atoms with Crippen LogP contribution in [0.15, 0.2) is 24.0 Å². The van der Waals surface area contributed by atoms with E-state index in [4.69, 9.17) is 0 Å². The second-order valence-electron chi connectivity index (χ2n) is 1.74. The maximum Gasteiger partial charge on any atom is -0.0353 e. The van der Waals surface area contributed by atoms with Crippen molar-refractivity contribution in [1.82, 2.24) is 0 Å². The minimum atomic E-state index is 1.23. The van der Waals surface area contributed by atoms with Crippen molar-refractivity contribution in [2.75, 3.05) is 0 Å². The van der Waals surface area contributed by atoms with Crippen molar-refractivity contribution in [3.63, 3.8) is 0 Å². The maximum atomic E-state index is 3.57. The van der Waals surface area contributed by atoms with Crippen LogP contribution in [0.3, 0.4) is 0 Å². The first kappa shape index (κ1) is 7.65. The van der Waals surface area contributed by atoms with Crippen molar-refractivity contribution in [2.45, 2.75) is 13.8 Å². The summed E-state index contributed by atoms with van der Waals surface area (Å²) in [6, 6.07) is 0. The summed E-state index contributed by atoms with van der Waals surface area (Å²) < 4.78 is 0. The summed E-state index contributed by atoms with van der Waals surface area (Å²) in [4.78, 5) is 0. The molecule has 0 unspecified atom stereocenters. The largest absolute Gasteiger partial charge is 0.0987 e. The first-order chi connectivity index (χ1) is 3.77. The molecule has 0 amide bonds. The van der Waals surface area contributed by atoms with E-state index in [9.17, 15) is 0 Å². The Hall–Kier alpha value is -0.350. The molecule has 0 aliphatic carbocycles. The van der Waals surface area contributed by atoms with Crippen LogP contribution in [-0.2, 0) is 0 Å². The number of hydrogen-bond donors (Lipinski definition) is 0. The van der Waals surface area contributed by atoms with Gasteiger partial charge in [-0.3, -0.25) is 0 Å². The number of allylic oxidation sites excluding steroid dienone is 2. The Bertz CT molecular complexity index is 116. The van der Waals surface area contributed by atoms with Crippen LogP contribution < -0.4 is 0 Å². The smallest absolute Gasteiger partial charge is 0.0353 e. The molecule has 0 rings (SSSR count). The molecule has 0 aromatic heterocycles. The SMILES string of the molecule is C=CC=PC=C(C)C. The average molecular weight is 126 g/mol. The summed E-state index contributed by atoms with van der Waals surface area (Å²) in [5.41, 5.74) is 1.35. The van der Waals surface area contributed by atoms with Gasteiger partial charge in [-0.25, -0.2) is 0 Å². The Balaban J connectivity index is 3.57. The van der Waals surface area contributed by atoms with Crippen LogP contribution in [0.4, 0.5) is 0 Å². The van der Waals surface area contributed by atoms with Gasteiger partial charge >= 0.3 is 0 Å². The summed E-state index contributed by atoms with van der Waals surface area (Å²) in [5.74, 6) is 4.15. The molecule has 0 saturated carbocycles. The highest BCUT2D eigenvalue weighted by Gasteiger charge is 1.67. The maximum absolute atomic E-state index is 3.57. The van der Waals surface area contributed by atoms with Crippen LogP contribution in [0, 0.1) is 0 Å². The third kappa shape index (κ3) is 5.65. The summed E-state index contributed by atoms with van der Waals surface area (Å²) in [6.45, 7) is 7.74. The third-order valence-electron chi connectivity index (χ3n) is 0.524. The molecule has 0 aromatic rings. The molecule has 0 atom stereocenters. The quantitative estimate of drug-likeness (QED) is 0.499. The topological polar surface area (TPSA) is 0 Å². The van der Waals surface area contributed by atoms with Crippen molar-refractivity contribution in [2.24, 2.45) is 0 Å². The zero-order valence-electron chi connectivity index (χ0n) is 5.39. The van der Waals surface area contributed by atoms with Crippen LogP contribution in [0.2, 0.25) is 0 Å². The van der Waals surface area contributed by atoms with Gasteiger partial charge in [-0.1, -0.05) is 26.4 Å². The molecule has 8 heavy (non-hydrogen) atoms. The molecule has 0 radical (unpaired) electrons. The number of hydrogen-bond acceptors (Lipinski definition) is 0. The molecule has 0 N–H and O–H groups in total. The average Bonchev–Trinajstić information content (AvgIpc) is 1.66. The molecule has 0 fully saturated rings. The zero-order chi connectivity index (χ0) is 6.41. The fourth-order valence-corrected chi connectivity index (χ4v) is 0.759. The molecule has 0 bridgehead atoms. The Labute approximate surface area is 52.7 Å². The van der Waals surface area contributed by atoms with E-state index in [0.717, 1.165) is 0 Å². The van der Waals surface area contributed by atoms with E-state index in [-0.39, 0.29) is 0 Å². The molecule has 0 aliphatic heterocycles. The van der Waals surface area contributed by atoms with E-state index >= 15 is 0 Å². The van der Waals surface area contributed by atoms with Crippen molar-refractivity contribution < 1.29 is 0 Å². The normalized spacial score (nSPS) is 9.25. The Kier molecular flexibility index (Phi) is 4.59. The van der Waals surface area contributed by atoms with E-state index in [1.165, 1.54) is 13.8 Å². The summed E-state index contributed by atoms with van der Waals surface area (Å²) >= 11 is 0. The van der Waals surface area contributed by atoms with Crippen molar-refractivity contribution >= 4 is 14.0 Å². The molecule has 0 aliphatic rings. The van der Waals surface area contributed by atoms with E-state index in [0.29, 0.717) is 0 Å². The predicted molar refractivity (Wildman–Crippen MR) is 42.6 cm³/mol. The van der Waals surface area contributed by atoms with Gasteiger partial charge in [0.2, 0.25) is 0 Å². The minimum Gasteiger partial charge on any atom is -0.0987 e. The van der Waals surface area contributed by atoms with Gasteiger partial charge in [-0.15, -0.1) is 0 Å². The molecule has 0 saturated heterocycles. The minimum absolute atomic E-state index is 1.23. The lowest BCUT2D eigenvalue weighted by molar-refractivity contribution is 1.42. The summed E-state index contributed by atoms with van der Waals surface area (Å²) in [6.07, 6.45) is 1.81. The highest BCUT2D eigenvalue weighted by molar-refractivity contribution is 7.42. The van der Waals surface area contributed by atoms with E-state index in [2.05, 4.69) is 26.2 Å². The van der Waals surface area contributed by atoms with E-state index in [1.54, 1.807) is 6.08 Å². The van der Waals surface area contributed by atoms with Crippen LogP contribution in [0.5, 0.6) is 0 Å². The highest BCUT2D eigenvalue weighted by Crippen LogP contribution is 2.00. The van der Waals surface area contributed by atoms with Gasteiger partial charge in [-0.05, 0) is 25.5 Å². The lowest BCUT2D eigenvalue weighted by atomic mass is 10.4. The second-order valence-corrected chi connectivity index (χ2v) is 2.59. The lowest BCUT2D eigenvalue weighted by Gasteiger charge is -1.77. The van der Waals surface area contributed by atoms with Crippen LogP contribution in [0.25, 0.3) is 0 Å². The van der Waals surface area contributed by atoms with Gasteiger partial charge in [0.05, 0.1) is 0 Å². The molecular weight excluding hydrogens is 115 g/mol. The summed E-state index contributed by atoms with van der Waals surface area (Å²) in [7, 11) is 1.23. The first-order valence-electron chi connectivity index (χ1n) is 2.55. The zero-order valence-corrected chi connectivity index (χ0v) is 6.28. The number of rotatable bonds is 2. The van der Waals surface area contributed by atoms with E-state index < -0.39 is 0 Å². The van der Waals surface area contributed by atoms with Crippen LogP contribution in [0.1, 0.15) is 13.8 Å². The second kappa shape index (κ2) is 4.80. The predicted octanol–water partition coefficient (Wildman–Crippen LogP) is 2.84. The Morgan fingerprint density at radius 1 is 1.50 bits per heavy atom. The Morgan fingerprint density at radius 2 is 2.12 bits per heavy atom. The van der Waals surface area contributed by atoms with Gasteiger partial charge in [0.15, 0.2) is 0 Å². The van der Waals surface area contributed by atoms with Gasteiger partial charge < -0.3 is 0 Å². The molecule has 0 spiro atoms. The van der Waals surface area contributed by atoms with Gasteiger partial charge in [0.1, 0.15) is 0 Å². The van der Waals surface area contributed by atoms with Crippen LogP contribution >= 0.6 is 8.20 Å². The molecular formula is C7H11P. The van der Waals surface area contributed by atoms with Crippen molar-refractivity contribution in [1.29, 1.82) is 0 Å². The molecule has 0 heterocycles. The standard InChI is InChI=1S/C7H11P/c1-4-5-8-6-7(2)3/h4-6H,1H2,2-3H3. The highest BCUT2D eigenvalue weighted by atomic mass is 31.1. The molecule has 44 valence electrons. The lowest BCUT2D eigenvalue weighted by Crippen LogP contribution is -1.53. The third-order valence-corrected chi connectivity index (χ3v) is 1.57. The first-order valence-corrected chi connectivity index (χ1v) is 3.58. The molecule has 0 aromatic carbocycles. The molecule has 0 nitrogen and oxygen atoms in total. The van der Waals surface area contributed by atoms with Gasteiger partial charge in [0, 0.05) is 0 Å². The fraction of sp³-hybridized carbons (Fsp3) is 0.286. The van der Waals surface area contributed by atoms with Gasteiger partial charge in [-0.2, -0.15) is 0 Å². The van der Waals surface area contributed by atoms with Gasteiger partial charge in [0.25, 0.3) is 0 Å². The van der Waals surface area contributed by atoms with E-state index in [1.807, 2.05) is 5.80 Å². The van der Waals surface area contributed by atoms with Crippen LogP contribution in [-0.4, -0.2) is 5.80 Å². The summed E-state index contributed by atoms with van der Waals surface area (Å²) in [5, 5.41) is 0.